The van der Waals surface area contributed by atoms with Crippen LogP contribution >= 0.6 is 0 Å². The lowest BCUT2D eigenvalue weighted by Gasteiger charge is -2.11. The van der Waals surface area contributed by atoms with Crippen molar-refractivity contribution in [1.82, 2.24) is 0 Å². The molecule has 1 atom stereocenters. The van der Waals surface area contributed by atoms with Crippen LogP contribution in [0.4, 0.5) is 5.69 Å². The molecule has 0 aromatic heterocycles. The number of ether oxygens (including phenoxy) is 3. The van der Waals surface area contributed by atoms with Crippen molar-refractivity contribution in [3.05, 3.63) is 29.8 Å². The van der Waals surface area contributed by atoms with Crippen LogP contribution in [0.15, 0.2) is 24.3 Å². The number of hydrogen-bond donors (Lipinski definition) is 1. The van der Waals surface area contributed by atoms with E-state index in [0.717, 1.165) is 17.7 Å². The summed E-state index contributed by atoms with van der Waals surface area (Å²) in [6.45, 7) is 2.03. The molecule has 20 heavy (non-hydrogen) atoms. The molecule has 5 nitrogen and oxygen atoms in total. The summed E-state index contributed by atoms with van der Waals surface area (Å²) in [4.78, 5) is 11.9. The molecule has 0 fully saturated rings. The first-order valence-electron chi connectivity index (χ1n) is 6.89. The Kier molecular flexibility index (Phi) is 5.83. The molecule has 0 aliphatic carbocycles. The fraction of sp³-hybridized carbons (Fsp3) is 0.533. The van der Waals surface area contributed by atoms with E-state index in [-0.39, 0.29) is 12.0 Å². The van der Waals surface area contributed by atoms with Gasteiger partial charge in [-0.05, 0) is 18.1 Å². The Morgan fingerprint density at radius 2 is 2.10 bits per heavy atom. The standard InChI is InChI=1S/C15H21NO4/c1-18-7-4-8-19-9-10-20-15(17)14-11-12-5-2-3-6-13(12)16-14/h2-3,5-6,14,16H,4,7-11H2,1H3/t14-/m0/s1. The fourth-order valence-corrected chi connectivity index (χ4v) is 2.15. The Morgan fingerprint density at radius 1 is 1.25 bits per heavy atom. The maximum absolute atomic E-state index is 11.9. The van der Waals surface area contributed by atoms with Gasteiger partial charge in [0.15, 0.2) is 0 Å². The summed E-state index contributed by atoms with van der Waals surface area (Å²) in [6, 6.07) is 7.65. The van der Waals surface area contributed by atoms with Crippen LogP contribution in [-0.2, 0) is 25.4 Å². The average Bonchev–Trinajstić information content (AvgIpc) is 2.90. The van der Waals surface area contributed by atoms with Crippen LogP contribution in [0.25, 0.3) is 0 Å². The molecule has 0 spiro atoms. The number of rotatable bonds is 8. The zero-order valence-electron chi connectivity index (χ0n) is 11.8. The van der Waals surface area contributed by atoms with Crippen molar-refractivity contribution in [3.8, 4) is 0 Å². The van der Waals surface area contributed by atoms with E-state index in [2.05, 4.69) is 5.32 Å². The number of carbonyl (C=O) groups is 1. The quantitative estimate of drug-likeness (QED) is 0.579. The van der Waals surface area contributed by atoms with Gasteiger partial charge in [0.2, 0.25) is 0 Å². The van der Waals surface area contributed by atoms with Crippen molar-refractivity contribution >= 4 is 11.7 Å². The van der Waals surface area contributed by atoms with Crippen molar-refractivity contribution in [1.29, 1.82) is 0 Å². The topological polar surface area (TPSA) is 56.8 Å². The minimum Gasteiger partial charge on any atom is -0.462 e. The third-order valence-corrected chi connectivity index (χ3v) is 3.16. The smallest absolute Gasteiger partial charge is 0.328 e. The molecule has 1 aliphatic heterocycles. The predicted molar refractivity (Wildman–Crippen MR) is 75.8 cm³/mol. The third kappa shape index (κ3) is 4.21. The Morgan fingerprint density at radius 3 is 2.90 bits per heavy atom. The van der Waals surface area contributed by atoms with E-state index < -0.39 is 0 Å². The number of esters is 1. The van der Waals surface area contributed by atoms with E-state index in [1.807, 2.05) is 24.3 Å². The van der Waals surface area contributed by atoms with Gasteiger partial charge in [-0.1, -0.05) is 18.2 Å². The van der Waals surface area contributed by atoms with E-state index in [4.69, 9.17) is 14.2 Å². The highest BCUT2D eigenvalue weighted by Crippen LogP contribution is 2.25. The lowest BCUT2D eigenvalue weighted by atomic mass is 10.1. The van der Waals surface area contributed by atoms with Crippen molar-refractivity contribution in [3.63, 3.8) is 0 Å². The molecule has 0 unspecified atom stereocenters. The second-order valence-corrected chi connectivity index (χ2v) is 4.68. The second kappa shape index (κ2) is 7.87. The maximum Gasteiger partial charge on any atom is 0.328 e. The molecule has 5 heteroatoms. The number of anilines is 1. The lowest BCUT2D eigenvalue weighted by molar-refractivity contribution is -0.146. The maximum atomic E-state index is 11.9. The summed E-state index contributed by atoms with van der Waals surface area (Å²) in [5.41, 5.74) is 2.18. The number of hydrogen-bond acceptors (Lipinski definition) is 5. The summed E-state index contributed by atoms with van der Waals surface area (Å²) in [7, 11) is 1.66. The fourth-order valence-electron chi connectivity index (χ4n) is 2.15. The molecular formula is C15H21NO4. The first kappa shape index (κ1) is 14.8. The number of benzene rings is 1. The van der Waals surface area contributed by atoms with Gasteiger partial charge in [-0.2, -0.15) is 0 Å². The highest BCUT2D eigenvalue weighted by molar-refractivity contribution is 5.82. The van der Waals surface area contributed by atoms with Gasteiger partial charge in [0.25, 0.3) is 0 Å². The van der Waals surface area contributed by atoms with E-state index >= 15 is 0 Å². The minimum absolute atomic E-state index is 0.221. The average molecular weight is 279 g/mol. The summed E-state index contributed by atoms with van der Waals surface area (Å²) in [6.07, 6.45) is 1.54. The monoisotopic (exact) mass is 279 g/mol. The molecule has 2 rings (SSSR count). The van der Waals surface area contributed by atoms with Crippen LogP contribution in [-0.4, -0.2) is 45.5 Å². The number of nitrogens with one attached hydrogen (secondary N) is 1. The van der Waals surface area contributed by atoms with Crippen molar-refractivity contribution in [2.24, 2.45) is 0 Å². The van der Waals surface area contributed by atoms with Gasteiger partial charge in [0.1, 0.15) is 12.6 Å². The number of para-hydroxylation sites is 1. The van der Waals surface area contributed by atoms with E-state index in [0.29, 0.717) is 32.8 Å². The van der Waals surface area contributed by atoms with Crippen molar-refractivity contribution in [2.75, 3.05) is 38.9 Å². The summed E-state index contributed by atoms with van der Waals surface area (Å²) in [5.74, 6) is -0.221. The molecule has 1 N–H and O–H groups in total. The van der Waals surface area contributed by atoms with Gasteiger partial charge in [-0.25, -0.2) is 4.79 Å². The SMILES string of the molecule is COCCCOCCOC(=O)[C@@H]1Cc2ccccc2N1. The zero-order valence-corrected chi connectivity index (χ0v) is 11.8. The Balaban J connectivity index is 1.60. The molecule has 0 saturated carbocycles. The highest BCUT2D eigenvalue weighted by Gasteiger charge is 2.27. The molecule has 1 heterocycles. The van der Waals surface area contributed by atoms with Crippen molar-refractivity contribution in [2.45, 2.75) is 18.9 Å². The number of methoxy groups -OCH3 is 1. The first-order valence-corrected chi connectivity index (χ1v) is 6.89. The predicted octanol–water partition coefficient (Wildman–Crippen LogP) is 1.62. The van der Waals surface area contributed by atoms with Crippen molar-refractivity contribution < 1.29 is 19.0 Å². The van der Waals surface area contributed by atoms with E-state index in [1.54, 1.807) is 7.11 Å². The normalized spacial score (nSPS) is 16.6. The molecule has 0 amide bonds. The number of carbonyl (C=O) groups excluding carboxylic acids is 1. The lowest BCUT2D eigenvalue weighted by Crippen LogP contribution is -2.30. The zero-order chi connectivity index (χ0) is 14.2. The molecule has 0 saturated heterocycles. The summed E-state index contributed by atoms with van der Waals surface area (Å²) in [5, 5.41) is 3.17. The minimum atomic E-state index is -0.277. The van der Waals surface area contributed by atoms with Crippen LogP contribution in [0.1, 0.15) is 12.0 Å². The first-order chi connectivity index (χ1) is 9.81. The third-order valence-electron chi connectivity index (χ3n) is 3.16. The van der Waals surface area contributed by atoms with E-state index in [9.17, 15) is 4.79 Å². The Hall–Kier alpha value is -1.59. The molecule has 0 bridgehead atoms. The van der Waals surface area contributed by atoms with E-state index in [1.165, 1.54) is 0 Å². The van der Waals surface area contributed by atoms with Gasteiger partial charge in [0, 0.05) is 32.4 Å². The Bertz CT molecular complexity index is 411. The van der Waals surface area contributed by atoms with Crippen LogP contribution in [0.3, 0.4) is 0 Å². The molecule has 1 aromatic carbocycles. The van der Waals surface area contributed by atoms with Crippen LogP contribution in [0, 0.1) is 0 Å². The van der Waals surface area contributed by atoms with Gasteiger partial charge >= 0.3 is 5.97 Å². The largest absolute Gasteiger partial charge is 0.462 e. The summed E-state index contributed by atoms with van der Waals surface area (Å²) < 4.78 is 15.5. The van der Waals surface area contributed by atoms with Crippen LogP contribution in [0.2, 0.25) is 0 Å². The van der Waals surface area contributed by atoms with Crippen LogP contribution < -0.4 is 5.32 Å². The molecular weight excluding hydrogens is 258 g/mol. The molecule has 1 aliphatic rings. The Labute approximate surface area is 119 Å². The molecule has 110 valence electrons. The van der Waals surface area contributed by atoms with Gasteiger partial charge < -0.3 is 19.5 Å². The van der Waals surface area contributed by atoms with Gasteiger partial charge in [-0.3, -0.25) is 0 Å². The highest BCUT2D eigenvalue weighted by atomic mass is 16.6. The van der Waals surface area contributed by atoms with Gasteiger partial charge in [0.05, 0.1) is 6.61 Å². The van der Waals surface area contributed by atoms with Crippen LogP contribution in [0.5, 0.6) is 0 Å². The summed E-state index contributed by atoms with van der Waals surface area (Å²) >= 11 is 0. The molecule has 0 radical (unpaired) electrons. The number of fused-ring (bicyclic) bond motifs is 1. The second-order valence-electron chi connectivity index (χ2n) is 4.68. The van der Waals surface area contributed by atoms with Gasteiger partial charge in [-0.15, -0.1) is 0 Å². The molecule has 1 aromatic rings.